The third-order valence-corrected chi connectivity index (χ3v) is 4.99. The Kier molecular flexibility index (Phi) is 6.73. The molecule has 6 heteroatoms. The number of thioether (sulfide) groups is 1. The molecule has 0 aliphatic carbocycles. The average Bonchev–Trinajstić information content (AvgIpc) is 2.50. The molecule has 1 aliphatic heterocycles. The van der Waals surface area contributed by atoms with Crippen molar-refractivity contribution in [3.63, 3.8) is 0 Å². The number of Topliss-reactive ketones (excluding diaryl/α,β-unsaturated/α-hetero) is 1. The van der Waals surface area contributed by atoms with Gasteiger partial charge in [-0.1, -0.05) is 18.5 Å². The maximum Gasteiger partial charge on any atom is 0.230 e. The van der Waals surface area contributed by atoms with E-state index in [2.05, 4.69) is 17.6 Å². The molecule has 0 spiro atoms. The van der Waals surface area contributed by atoms with Crippen LogP contribution >= 0.6 is 23.4 Å². The highest BCUT2D eigenvalue weighted by molar-refractivity contribution is 8.00. The van der Waals surface area contributed by atoms with Gasteiger partial charge in [0, 0.05) is 23.2 Å². The molecule has 0 aromatic heterocycles. The number of amides is 1. The van der Waals surface area contributed by atoms with Crippen LogP contribution in [0, 0.1) is 5.92 Å². The van der Waals surface area contributed by atoms with E-state index in [1.165, 1.54) is 11.8 Å². The summed E-state index contributed by atoms with van der Waals surface area (Å²) < 4.78 is 0. The van der Waals surface area contributed by atoms with Gasteiger partial charge in [0.05, 0.1) is 11.5 Å². The number of ketones is 1. The molecule has 1 aromatic carbocycles. The monoisotopic (exact) mass is 340 g/mol. The van der Waals surface area contributed by atoms with Crippen LogP contribution in [0.5, 0.6) is 0 Å². The predicted octanol–water partition coefficient (Wildman–Crippen LogP) is 2.37. The molecule has 0 radical (unpaired) electrons. The van der Waals surface area contributed by atoms with Crippen LogP contribution in [0.1, 0.15) is 23.7 Å². The van der Waals surface area contributed by atoms with Gasteiger partial charge in [-0.2, -0.15) is 0 Å². The number of rotatable bonds is 6. The van der Waals surface area contributed by atoms with E-state index in [-0.39, 0.29) is 17.7 Å². The highest BCUT2D eigenvalue weighted by Crippen LogP contribution is 2.13. The third-order valence-electron chi connectivity index (χ3n) is 3.81. The van der Waals surface area contributed by atoms with Crippen molar-refractivity contribution in [3.8, 4) is 0 Å². The normalized spacial score (nSPS) is 21.4. The quantitative estimate of drug-likeness (QED) is 0.781. The fraction of sp³-hybridized carbons (Fsp3) is 0.500. The maximum absolute atomic E-state index is 12.0. The van der Waals surface area contributed by atoms with Crippen LogP contribution in [0.15, 0.2) is 24.3 Å². The molecule has 1 aliphatic rings. The summed E-state index contributed by atoms with van der Waals surface area (Å²) in [6.45, 7) is 3.99. The topological polar surface area (TPSA) is 58.2 Å². The lowest BCUT2D eigenvalue weighted by molar-refractivity contribution is -0.119. The van der Waals surface area contributed by atoms with E-state index >= 15 is 0 Å². The molecule has 2 atom stereocenters. The van der Waals surface area contributed by atoms with E-state index in [0.717, 1.165) is 19.5 Å². The standard InChI is InChI=1S/C16H21ClN2O2S/c1-11-6-7-18-8-14(11)19-16(21)10-22-9-15(20)12-2-4-13(17)5-3-12/h2-5,11,14,18H,6-10H2,1H3,(H,19,21). The maximum atomic E-state index is 12.0. The lowest BCUT2D eigenvalue weighted by Crippen LogP contribution is -2.50. The number of hydrogen-bond donors (Lipinski definition) is 2. The smallest absolute Gasteiger partial charge is 0.230 e. The van der Waals surface area contributed by atoms with Gasteiger partial charge in [-0.3, -0.25) is 9.59 Å². The Bertz CT molecular complexity index is 521. The minimum atomic E-state index is -0.00513. The molecule has 1 amide bonds. The van der Waals surface area contributed by atoms with Gasteiger partial charge in [0.25, 0.3) is 0 Å². The molecular weight excluding hydrogens is 320 g/mol. The second-order valence-electron chi connectivity index (χ2n) is 5.57. The molecule has 1 aromatic rings. The summed E-state index contributed by atoms with van der Waals surface area (Å²) in [7, 11) is 0. The van der Waals surface area contributed by atoms with Crippen molar-refractivity contribution in [3.05, 3.63) is 34.9 Å². The van der Waals surface area contributed by atoms with Crippen molar-refractivity contribution in [2.45, 2.75) is 19.4 Å². The van der Waals surface area contributed by atoms with Gasteiger partial charge in [0.2, 0.25) is 5.91 Å². The van der Waals surface area contributed by atoms with Crippen LogP contribution in [0.25, 0.3) is 0 Å². The van der Waals surface area contributed by atoms with Crippen LogP contribution in [0.2, 0.25) is 5.02 Å². The second-order valence-corrected chi connectivity index (χ2v) is 6.99. The zero-order valence-electron chi connectivity index (χ0n) is 12.6. The molecule has 2 N–H and O–H groups in total. The van der Waals surface area contributed by atoms with Crippen LogP contribution in [0.4, 0.5) is 0 Å². The van der Waals surface area contributed by atoms with E-state index in [0.29, 0.717) is 28.0 Å². The molecule has 0 bridgehead atoms. The lowest BCUT2D eigenvalue weighted by atomic mass is 9.95. The molecule has 1 saturated heterocycles. The molecule has 1 heterocycles. The zero-order valence-corrected chi connectivity index (χ0v) is 14.2. The number of piperidine rings is 1. The Hall–Kier alpha value is -1.04. The number of hydrogen-bond acceptors (Lipinski definition) is 4. The molecule has 2 rings (SSSR count). The lowest BCUT2D eigenvalue weighted by Gasteiger charge is -2.30. The fourth-order valence-electron chi connectivity index (χ4n) is 2.39. The van der Waals surface area contributed by atoms with Crippen LogP contribution in [-0.4, -0.2) is 42.3 Å². The summed E-state index contributed by atoms with van der Waals surface area (Å²) >= 11 is 7.14. The number of carbonyl (C=O) groups excluding carboxylic acids is 2. The highest BCUT2D eigenvalue weighted by atomic mass is 35.5. The Morgan fingerprint density at radius 1 is 1.32 bits per heavy atom. The SMILES string of the molecule is CC1CCNCC1NC(=O)CSCC(=O)c1ccc(Cl)cc1. The van der Waals surface area contributed by atoms with Crippen molar-refractivity contribution in [2.24, 2.45) is 5.92 Å². The molecule has 2 unspecified atom stereocenters. The van der Waals surface area contributed by atoms with Crippen LogP contribution in [0.3, 0.4) is 0 Å². The summed E-state index contributed by atoms with van der Waals surface area (Å²) in [4.78, 5) is 23.9. The summed E-state index contributed by atoms with van der Waals surface area (Å²) in [5, 5.41) is 6.93. The first kappa shape index (κ1) is 17.3. The molecule has 1 fully saturated rings. The van der Waals surface area contributed by atoms with E-state index in [9.17, 15) is 9.59 Å². The van der Waals surface area contributed by atoms with Gasteiger partial charge < -0.3 is 10.6 Å². The van der Waals surface area contributed by atoms with Gasteiger partial charge in [-0.25, -0.2) is 0 Å². The zero-order chi connectivity index (χ0) is 15.9. The fourth-order valence-corrected chi connectivity index (χ4v) is 3.24. The number of carbonyl (C=O) groups is 2. The highest BCUT2D eigenvalue weighted by Gasteiger charge is 2.22. The van der Waals surface area contributed by atoms with Gasteiger partial charge in [0.15, 0.2) is 5.78 Å². The number of benzene rings is 1. The Labute approximate surface area is 140 Å². The number of nitrogens with one attached hydrogen (secondary N) is 2. The van der Waals surface area contributed by atoms with Crippen LogP contribution < -0.4 is 10.6 Å². The van der Waals surface area contributed by atoms with Gasteiger partial charge in [-0.05, 0) is 43.1 Å². The molecular formula is C16H21ClN2O2S. The first-order valence-electron chi connectivity index (χ1n) is 7.43. The van der Waals surface area contributed by atoms with Crippen molar-refractivity contribution in [2.75, 3.05) is 24.6 Å². The minimum Gasteiger partial charge on any atom is -0.351 e. The van der Waals surface area contributed by atoms with E-state index in [4.69, 9.17) is 11.6 Å². The second kappa shape index (κ2) is 8.56. The van der Waals surface area contributed by atoms with Crippen LogP contribution in [-0.2, 0) is 4.79 Å². The Morgan fingerprint density at radius 3 is 2.73 bits per heavy atom. The molecule has 22 heavy (non-hydrogen) atoms. The summed E-state index contributed by atoms with van der Waals surface area (Å²) in [5.74, 6) is 1.11. The average molecular weight is 341 g/mol. The van der Waals surface area contributed by atoms with Crippen molar-refractivity contribution in [1.29, 1.82) is 0 Å². The largest absolute Gasteiger partial charge is 0.351 e. The Morgan fingerprint density at radius 2 is 2.05 bits per heavy atom. The van der Waals surface area contributed by atoms with Gasteiger partial charge in [-0.15, -0.1) is 11.8 Å². The van der Waals surface area contributed by atoms with Gasteiger partial charge >= 0.3 is 0 Å². The molecule has 120 valence electrons. The molecule has 4 nitrogen and oxygen atoms in total. The summed E-state index contributed by atoms with van der Waals surface area (Å²) in [5.41, 5.74) is 0.627. The summed E-state index contributed by atoms with van der Waals surface area (Å²) in [6.07, 6.45) is 1.08. The first-order chi connectivity index (χ1) is 10.6. The predicted molar refractivity (Wildman–Crippen MR) is 91.7 cm³/mol. The van der Waals surface area contributed by atoms with Crippen molar-refractivity contribution < 1.29 is 9.59 Å². The first-order valence-corrected chi connectivity index (χ1v) is 8.96. The molecule has 0 saturated carbocycles. The third kappa shape index (κ3) is 5.30. The van der Waals surface area contributed by atoms with E-state index in [1.807, 2.05) is 0 Å². The van der Waals surface area contributed by atoms with E-state index < -0.39 is 0 Å². The Balaban J connectivity index is 1.70. The van der Waals surface area contributed by atoms with Crippen molar-refractivity contribution in [1.82, 2.24) is 10.6 Å². The van der Waals surface area contributed by atoms with E-state index in [1.54, 1.807) is 24.3 Å². The summed E-state index contributed by atoms with van der Waals surface area (Å²) in [6, 6.07) is 7.00. The minimum absolute atomic E-state index is 0.00513. The van der Waals surface area contributed by atoms with Crippen molar-refractivity contribution >= 4 is 35.1 Å². The number of halogens is 1. The van der Waals surface area contributed by atoms with Gasteiger partial charge in [0.1, 0.15) is 0 Å².